The molecule has 2 bridgehead atoms. The van der Waals surface area contributed by atoms with Gasteiger partial charge in [0.05, 0.1) is 19.6 Å². The Kier molecular flexibility index (Phi) is 11.2. The van der Waals surface area contributed by atoms with Crippen LogP contribution in [0.5, 0.6) is 11.5 Å². The molecule has 1 N–H and O–H groups in total. The Labute approximate surface area is 276 Å². The van der Waals surface area contributed by atoms with Crippen LogP contribution in [-0.2, 0) is 14.4 Å². The minimum absolute atomic E-state index is 0.141. The Morgan fingerprint density at radius 3 is 2.02 bits per heavy atom. The highest BCUT2D eigenvalue weighted by molar-refractivity contribution is 6.41. The second-order valence-electron chi connectivity index (χ2n) is 14.7. The summed E-state index contributed by atoms with van der Waals surface area (Å²) in [4.78, 5) is 45.4. The smallest absolute Gasteiger partial charge is 0.184 e. The van der Waals surface area contributed by atoms with E-state index in [-0.39, 0.29) is 48.0 Å². The maximum atomic E-state index is 15.3. The second kappa shape index (κ2) is 14.0. The predicted molar refractivity (Wildman–Crippen MR) is 186 cm³/mol. The number of hydrogen-bond donors (Lipinski definition) is 1. The molecule has 4 atom stereocenters. The molecule has 0 saturated heterocycles. The fraction of sp³-hybridized carbons (Fsp3) is 0.525. The third-order valence-corrected chi connectivity index (χ3v) is 10.4. The van der Waals surface area contributed by atoms with Crippen molar-refractivity contribution in [2.75, 3.05) is 14.2 Å². The number of fused-ring (bicyclic) bond motifs is 2. The van der Waals surface area contributed by atoms with E-state index in [1.807, 2.05) is 68.4 Å². The van der Waals surface area contributed by atoms with E-state index in [1.165, 1.54) is 14.2 Å². The van der Waals surface area contributed by atoms with Gasteiger partial charge in [-0.25, -0.2) is 0 Å². The molecule has 0 heterocycles. The highest BCUT2D eigenvalue weighted by atomic mass is 16.5. The Hall–Kier alpha value is -3.67. The van der Waals surface area contributed by atoms with Gasteiger partial charge in [0, 0.05) is 5.56 Å². The lowest BCUT2D eigenvalue weighted by atomic mass is 9.38. The highest BCUT2D eigenvalue weighted by Gasteiger charge is 2.74. The number of carbonyl (C=O) groups excluding carboxylic acids is 3. The van der Waals surface area contributed by atoms with Gasteiger partial charge in [0.25, 0.3) is 0 Å². The number of aliphatic hydroxyl groups excluding tert-OH is 1. The SMILES string of the molecule is C=C(C)[C@H](CC=C(C)C)C[C@]12C[C@@H](CC=C(C)C)C(C)(C)[C@](CC=C(C)C)(C(=O)/C(=C(\O)c3ccc(OC)c(OC)c3)C1=O)C2=O. The zero-order chi connectivity index (χ0) is 34.8. The molecule has 0 aromatic heterocycles. The molecular weight excluding hydrogens is 576 g/mol. The van der Waals surface area contributed by atoms with Crippen molar-refractivity contribution >= 4 is 23.1 Å². The lowest BCUT2D eigenvalue weighted by Gasteiger charge is -2.60. The maximum absolute atomic E-state index is 15.3. The molecule has 0 amide bonds. The summed E-state index contributed by atoms with van der Waals surface area (Å²) in [6.45, 7) is 22.2. The van der Waals surface area contributed by atoms with E-state index in [0.29, 0.717) is 24.3 Å². The zero-order valence-corrected chi connectivity index (χ0v) is 29.8. The van der Waals surface area contributed by atoms with Gasteiger partial charge < -0.3 is 14.6 Å². The van der Waals surface area contributed by atoms with E-state index in [2.05, 4.69) is 18.7 Å². The van der Waals surface area contributed by atoms with E-state index < -0.39 is 33.6 Å². The van der Waals surface area contributed by atoms with Crippen LogP contribution >= 0.6 is 0 Å². The molecule has 2 saturated carbocycles. The minimum atomic E-state index is -1.56. The van der Waals surface area contributed by atoms with Gasteiger partial charge in [-0.15, -0.1) is 0 Å². The van der Waals surface area contributed by atoms with Crippen LogP contribution in [0.15, 0.2) is 70.9 Å². The van der Waals surface area contributed by atoms with Crippen molar-refractivity contribution in [3.05, 3.63) is 76.4 Å². The molecule has 0 spiro atoms. The standard InChI is InChI=1S/C40H54O6/c1-24(2)13-15-29(27(7)8)22-39-23-30(17-14-25(3)4)38(9,10)40(37(39)44,20-19-26(5)6)36(43)33(35(39)42)34(41)28-16-18-31(45-11)32(21-28)46-12/h13-14,16,18-19,21,29-30,41H,7,15,17,20,22-23H2,1-6,8-12H3/b34-33-/t29-,30-,39+,40-/m1/s1. The molecule has 0 unspecified atom stereocenters. The number of ketones is 3. The maximum Gasteiger partial charge on any atom is 0.184 e. The molecule has 46 heavy (non-hydrogen) atoms. The number of carbonyl (C=O) groups is 3. The molecule has 250 valence electrons. The Bertz CT molecular complexity index is 1520. The summed E-state index contributed by atoms with van der Waals surface area (Å²) in [6, 6.07) is 4.77. The molecule has 6 heteroatoms. The van der Waals surface area contributed by atoms with Crippen molar-refractivity contribution in [3.8, 4) is 11.5 Å². The number of hydrogen-bond acceptors (Lipinski definition) is 6. The molecule has 1 aromatic carbocycles. The van der Waals surface area contributed by atoms with Gasteiger partial charge >= 0.3 is 0 Å². The highest BCUT2D eigenvalue weighted by Crippen LogP contribution is 2.66. The normalized spacial score (nSPS) is 25.3. The molecule has 2 aliphatic carbocycles. The lowest BCUT2D eigenvalue weighted by Crippen LogP contribution is -2.69. The average Bonchev–Trinajstić information content (AvgIpc) is 2.98. The van der Waals surface area contributed by atoms with Gasteiger partial charge in [-0.3, -0.25) is 14.4 Å². The molecule has 0 radical (unpaired) electrons. The molecule has 3 rings (SSSR count). The van der Waals surface area contributed by atoms with Crippen LogP contribution in [0.3, 0.4) is 0 Å². The second-order valence-corrected chi connectivity index (χ2v) is 14.7. The number of aliphatic hydroxyl groups is 1. The first-order valence-corrected chi connectivity index (χ1v) is 16.3. The van der Waals surface area contributed by atoms with Crippen LogP contribution in [0.2, 0.25) is 0 Å². The van der Waals surface area contributed by atoms with Crippen molar-refractivity contribution in [1.29, 1.82) is 0 Å². The summed E-state index contributed by atoms with van der Waals surface area (Å²) >= 11 is 0. The monoisotopic (exact) mass is 630 g/mol. The summed E-state index contributed by atoms with van der Waals surface area (Å²) in [5, 5.41) is 11.9. The summed E-state index contributed by atoms with van der Waals surface area (Å²) in [5.74, 6) is -1.48. The van der Waals surface area contributed by atoms with Crippen LogP contribution in [0.25, 0.3) is 5.76 Å². The Morgan fingerprint density at radius 1 is 0.913 bits per heavy atom. The van der Waals surface area contributed by atoms with Gasteiger partial charge in [-0.2, -0.15) is 0 Å². The number of Topliss-reactive ketones (excluding diaryl/α,β-unsaturated/α-hetero) is 3. The molecule has 2 fully saturated rings. The van der Waals surface area contributed by atoms with E-state index in [1.54, 1.807) is 18.2 Å². The predicted octanol–water partition coefficient (Wildman–Crippen LogP) is 9.36. The zero-order valence-electron chi connectivity index (χ0n) is 29.8. The average molecular weight is 631 g/mol. The van der Waals surface area contributed by atoms with Crippen LogP contribution < -0.4 is 9.47 Å². The molecule has 2 aliphatic rings. The van der Waals surface area contributed by atoms with Crippen LogP contribution in [0.4, 0.5) is 0 Å². The summed E-state index contributed by atoms with van der Waals surface area (Å²) in [7, 11) is 2.99. The first-order valence-electron chi connectivity index (χ1n) is 16.3. The Morgan fingerprint density at radius 2 is 1.50 bits per heavy atom. The molecular formula is C40H54O6. The molecule has 1 aromatic rings. The van der Waals surface area contributed by atoms with Crippen molar-refractivity contribution in [2.24, 2.45) is 28.1 Å². The third-order valence-electron chi connectivity index (χ3n) is 10.4. The van der Waals surface area contributed by atoms with Crippen molar-refractivity contribution in [1.82, 2.24) is 0 Å². The number of rotatable bonds is 12. The van der Waals surface area contributed by atoms with E-state index in [9.17, 15) is 5.11 Å². The largest absolute Gasteiger partial charge is 0.506 e. The number of methoxy groups -OCH3 is 2. The van der Waals surface area contributed by atoms with Crippen LogP contribution in [-0.4, -0.2) is 36.7 Å². The summed E-state index contributed by atoms with van der Waals surface area (Å²) in [6.07, 6.45) is 8.10. The number of ether oxygens (including phenoxy) is 2. The number of benzene rings is 1. The lowest BCUT2D eigenvalue weighted by molar-refractivity contribution is -0.177. The van der Waals surface area contributed by atoms with Gasteiger partial charge in [0.15, 0.2) is 28.8 Å². The molecule has 6 nitrogen and oxygen atoms in total. The van der Waals surface area contributed by atoms with Gasteiger partial charge in [0.1, 0.15) is 16.7 Å². The minimum Gasteiger partial charge on any atom is -0.506 e. The van der Waals surface area contributed by atoms with Crippen molar-refractivity contribution in [3.63, 3.8) is 0 Å². The van der Waals surface area contributed by atoms with E-state index in [4.69, 9.17) is 9.47 Å². The van der Waals surface area contributed by atoms with Gasteiger partial charge in [0.2, 0.25) is 0 Å². The first-order chi connectivity index (χ1) is 21.4. The van der Waals surface area contributed by atoms with Gasteiger partial charge in [-0.05, 0) is 116 Å². The fourth-order valence-electron chi connectivity index (χ4n) is 7.40. The number of allylic oxidation sites excluding steroid dienone is 8. The van der Waals surface area contributed by atoms with Crippen LogP contribution in [0, 0.1) is 28.1 Å². The topological polar surface area (TPSA) is 89.9 Å². The van der Waals surface area contributed by atoms with Crippen LogP contribution in [0.1, 0.15) is 100.0 Å². The summed E-state index contributed by atoms with van der Waals surface area (Å²) < 4.78 is 10.9. The first kappa shape index (κ1) is 36.8. The Balaban J connectivity index is 2.48. The van der Waals surface area contributed by atoms with Gasteiger partial charge in [-0.1, -0.05) is 60.9 Å². The van der Waals surface area contributed by atoms with E-state index in [0.717, 1.165) is 22.3 Å². The fourth-order valence-corrected chi connectivity index (χ4v) is 7.40. The summed E-state index contributed by atoms with van der Waals surface area (Å²) in [5.41, 5.74) is 0.154. The van der Waals surface area contributed by atoms with Crippen molar-refractivity contribution < 1.29 is 29.0 Å². The van der Waals surface area contributed by atoms with Crippen molar-refractivity contribution in [2.45, 2.75) is 94.4 Å². The molecule has 0 aliphatic heterocycles. The third kappa shape index (κ3) is 6.45. The van der Waals surface area contributed by atoms with E-state index >= 15 is 14.4 Å². The quantitative estimate of drug-likeness (QED) is 0.0814.